The lowest BCUT2D eigenvalue weighted by Crippen LogP contribution is -2.62. The smallest absolute Gasteiger partial charge is 0.370 e. The fourth-order valence-electron chi connectivity index (χ4n) is 5.01. The van der Waals surface area contributed by atoms with E-state index in [1.54, 1.807) is 24.4 Å². The number of hydrogen-bond donors (Lipinski definition) is 7. The molecule has 0 spiro atoms. The second kappa shape index (κ2) is 12.8. The molecule has 0 aliphatic carbocycles. The first-order chi connectivity index (χ1) is 21.0. The molecule has 44 heavy (non-hydrogen) atoms. The number of alkyl halides is 3. The SMILES string of the molecule is N=C(N)N1CC(NC(c2ccc(-c3cc4cn(-c5ccc(CNCCCN=C(N)N)cc5)c(=O)nc4[nH]3)cc2)C(F)(F)F)C1. The van der Waals surface area contributed by atoms with Crippen LogP contribution in [0.3, 0.4) is 0 Å². The number of nitrogens with zero attached hydrogens (tertiary/aromatic N) is 4. The van der Waals surface area contributed by atoms with Crippen LogP contribution < -0.4 is 33.5 Å². The zero-order valence-corrected chi connectivity index (χ0v) is 23.7. The van der Waals surface area contributed by atoms with Gasteiger partial charge in [0.05, 0.1) is 5.69 Å². The Kier molecular flexibility index (Phi) is 8.87. The average Bonchev–Trinajstić information content (AvgIpc) is 3.36. The Hall–Kier alpha value is -4.89. The zero-order valence-electron chi connectivity index (χ0n) is 23.7. The largest absolute Gasteiger partial charge is 0.407 e. The minimum Gasteiger partial charge on any atom is -0.370 e. The van der Waals surface area contributed by atoms with Gasteiger partial charge in [-0.25, -0.2) is 4.79 Å². The number of benzene rings is 2. The van der Waals surface area contributed by atoms with Crippen molar-refractivity contribution in [2.75, 3.05) is 26.2 Å². The number of rotatable bonds is 11. The van der Waals surface area contributed by atoms with Crippen LogP contribution in [-0.2, 0) is 6.54 Å². The number of nitrogens with one attached hydrogen (secondary N) is 4. The standard InChI is InChI=1S/C29H34F3N11O/c30-29(31,32)24(39-21-15-42(16-21)27(35)36)19-6-4-18(5-7-19)23-12-20-14-43(28(44)41-25(20)40-23)22-8-2-17(3-9-22)13-37-10-1-11-38-26(33)34/h2-9,12,14,21,24,37,39H,1,10-11,13,15-16H2,(H3,35,36)(H4,33,34,38)(H,40,41,44). The normalized spacial score (nSPS) is 14.4. The van der Waals surface area contributed by atoms with Gasteiger partial charge in [-0.1, -0.05) is 36.4 Å². The summed E-state index contributed by atoms with van der Waals surface area (Å²) in [7, 11) is 0. The molecule has 232 valence electrons. The molecule has 3 heterocycles. The molecule has 2 aromatic carbocycles. The summed E-state index contributed by atoms with van der Waals surface area (Å²) in [6.07, 6.45) is -2.03. The second-order valence-corrected chi connectivity index (χ2v) is 10.6. The molecule has 1 unspecified atom stereocenters. The van der Waals surface area contributed by atoms with Crippen molar-refractivity contribution in [1.82, 2.24) is 30.1 Å². The van der Waals surface area contributed by atoms with E-state index in [0.29, 0.717) is 41.1 Å². The topological polar surface area (TPSA) is 192 Å². The summed E-state index contributed by atoms with van der Waals surface area (Å²) in [4.78, 5) is 25.5. The highest BCUT2D eigenvalue weighted by molar-refractivity contribution is 5.82. The Balaban J connectivity index is 1.26. The van der Waals surface area contributed by atoms with Gasteiger partial charge in [0.25, 0.3) is 0 Å². The number of aromatic amines is 1. The van der Waals surface area contributed by atoms with E-state index in [4.69, 9.17) is 22.6 Å². The molecule has 15 heteroatoms. The van der Waals surface area contributed by atoms with Gasteiger partial charge in [-0.05, 0) is 47.9 Å². The van der Waals surface area contributed by atoms with Crippen molar-refractivity contribution >= 4 is 23.0 Å². The van der Waals surface area contributed by atoms with E-state index in [9.17, 15) is 18.0 Å². The molecule has 1 fully saturated rings. The van der Waals surface area contributed by atoms with E-state index < -0.39 is 23.9 Å². The summed E-state index contributed by atoms with van der Waals surface area (Å²) >= 11 is 0. The number of fused-ring (bicyclic) bond motifs is 1. The lowest BCUT2D eigenvalue weighted by atomic mass is 10.0. The van der Waals surface area contributed by atoms with Gasteiger partial charge < -0.3 is 32.4 Å². The van der Waals surface area contributed by atoms with Gasteiger partial charge in [-0.15, -0.1) is 0 Å². The molecule has 0 bridgehead atoms. The first kappa shape index (κ1) is 30.6. The number of aliphatic imine (C=N–C) groups is 1. The number of H-pyrrole nitrogens is 1. The van der Waals surface area contributed by atoms with Crippen molar-refractivity contribution in [3.05, 3.63) is 82.4 Å². The molecule has 1 saturated heterocycles. The summed E-state index contributed by atoms with van der Waals surface area (Å²) in [6, 6.07) is 13.1. The fourth-order valence-corrected chi connectivity index (χ4v) is 5.01. The minimum absolute atomic E-state index is 0.0704. The quantitative estimate of drug-likeness (QED) is 0.0761. The molecule has 12 nitrogen and oxygen atoms in total. The summed E-state index contributed by atoms with van der Waals surface area (Å²) in [6.45, 7) is 2.44. The Morgan fingerprint density at radius 3 is 2.45 bits per heavy atom. The van der Waals surface area contributed by atoms with Crippen LogP contribution >= 0.6 is 0 Å². The molecule has 0 saturated carbocycles. The van der Waals surface area contributed by atoms with E-state index in [0.717, 1.165) is 18.5 Å². The van der Waals surface area contributed by atoms with Crippen LogP contribution in [0.5, 0.6) is 0 Å². The van der Waals surface area contributed by atoms with Gasteiger partial charge >= 0.3 is 11.9 Å². The molecular weight excluding hydrogens is 575 g/mol. The van der Waals surface area contributed by atoms with Gasteiger partial charge in [-0.2, -0.15) is 18.2 Å². The predicted molar refractivity (Wildman–Crippen MR) is 163 cm³/mol. The predicted octanol–water partition coefficient (Wildman–Crippen LogP) is 1.90. The van der Waals surface area contributed by atoms with Crippen LogP contribution in [0, 0.1) is 5.41 Å². The minimum atomic E-state index is -4.51. The van der Waals surface area contributed by atoms with E-state index in [1.165, 1.54) is 21.6 Å². The molecule has 4 aromatic rings. The number of halogens is 3. The van der Waals surface area contributed by atoms with E-state index in [2.05, 4.69) is 25.6 Å². The zero-order chi connectivity index (χ0) is 31.4. The van der Waals surface area contributed by atoms with Crippen LogP contribution in [0.4, 0.5) is 13.2 Å². The average molecular weight is 610 g/mol. The van der Waals surface area contributed by atoms with Crippen molar-refractivity contribution in [1.29, 1.82) is 5.41 Å². The summed E-state index contributed by atoms with van der Waals surface area (Å²) in [5.74, 6) is -0.0813. The van der Waals surface area contributed by atoms with Crippen LogP contribution in [0.2, 0.25) is 0 Å². The molecule has 1 atom stereocenters. The van der Waals surface area contributed by atoms with Crippen molar-refractivity contribution in [3.8, 4) is 16.9 Å². The highest BCUT2D eigenvalue weighted by atomic mass is 19.4. The maximum Gasteiger partial charge on any atom is 0.407 e. The number of guanidine groups is 2. The van der Waals surface area contributed by atoms with Gasteiger partial charge in [0.1, 0.15) is 11.7 Å². The molecule has 0 radical (unpaired) electrons. The van der Waals surface area contributed by atoms with Crippen LogP contribution in [0.1, 0.15) is 23.6 Å². The van der Waals surface area contributed by atoms with Crippen LogP contribution in [0.15, 0.2) is 70.6 Å². The van der Waals surface area contributed by atoms with Crippen molar-refractivity contribution in [2.24, 2.45) is 22.2 Å². The van der Waals surface area contributed by atoms with Gasteiger partial charge in [-0.3, -0.25) is 20.3 Å². The van der Waals surface area contributed by atoms with Crippen molar-refractivity contribution in [2.45, 2.75) is 31.2 Å². The van der Waals surface area contributed by atoms with Crippen molar-refractivity contribution in [3.63, 3.8) is 0 Å². The first-order valence-corrected chi connectivity index (χ1v) is 14.0. The lowest BCUT2D eigenvalue weighted by molar-refractivity contribution is -0.161. The molecule has 5 rings (SSSR count). The first-order valence-electron chi connectivity index (χ1n) is 14.0. The van der Waals surface area contributed by atoms with E-state index in [-0.39, 0.29) is 30.6 Å². The number of likely N-dealkylation sites (tertiary alicyclic amines) is 1. The maximum atomic E-state index is 13.9. The summed E-state index contributed by atoms with van der Waals surface area (Å²) in [5.41, 5.74) is 19.0. The van der Waals surface area contributed by atoms with Gasteiger partial charge in [0.15, 0.2) is 11.9 Å². The third-order valence-electron chi connectivity index (χ3n) is 7.36. The molecule has 0 amide bonds. The Morgan fingerprint density at radius 1 is 1.11 bits per heavy atom. The van der Waals surface area contributed by atoms with Crippen LogP contribution in [0.25, 0.3) is 28.0 Å². The maximum absolute atomic E-state index is 13.9. The molecular formula is C29H34F3N11O. The summed E-state index contributed by atoms with van der Waals surface area (Å²) < 4.78 is 43.1. The Morgan fingerprint density at radius 2 is 1.82 bits per heavy atom. The second-order valence-electron chi connectivity index (χ2n) is 10.6. The highest BCUT2D eigenvalue weighted by Gasteiger charge is 2.43. The molecule has 2 aromatic heterocycles. The van der Waals surface area contributed by atoms with Gasteiger partial charge in [0, 0.05) is 49.5 Å². The van der Waals surface area contributed by atoms with Gasteiger partial charge in [0.2, 0.25) is 0 Å². The lowest BCUT2D eigenvalue weighted by Gasteiger charge is -2.42. The summed E-state index contributed by atoms with van der Waals surface area (Å²) in [5, 5.41) is 14.0. The van der Waals surface area contributed by atoms with E-state index in [1.807, 2.05) is 24.3 Å². The van der Waals surface area contributed by atoms with Crippen molar-refractivity contribution < 1.29 is 13.2 Å². The number of nitrogens with two attached hydrogens (primary N) is 3. The highest BCUT2D eigenvalue weighted by Crippen LogP contribution is 2.35. The fraction of sp³-hybridized carbons (Fsp3) is 0.310. The third kappa shape index (κ3) is 7.18. The molecule has 1 aliphatic rings. The van der Waals surface area contributed by atoms with Crippen LogP contribution in [-0.4, -0.2) is 69.8 Å². The molecule has 1 aliphatic heterocycles. The monoisotopic (exact) mass is 609 g/mol. The Bertz CT molecular complexity index is 1690. The number of aromatic nitrogens is 3. The Labute approximate surface area is 250 Å². The number of hydrogen-bond acceptors (Lipinski definition) is 6. The third-order valence-corrected chi connectivity index (χ3v) is 7.36. The van der Waals surface area contributed by atoms with E-state index >= 15 is 0 Å². The molecule has 10 N–H and O–H groups in total.